The van der Waals surface area contributed by atoms with Gasteiger partial charge in [0.05, 0.1) is 32.6 Å². The van der Waals surface area contributed by atoms with Gasteiger partial charge in [0.25, 0.3) is 11.8 Å². The van der Waals surface area contributed by atoms with E-state index in [1.807, 2.05) is 0 Å². The van der Waals surface area contributed by atoms with Crippen molar-refractivity contribution in [1.82, 2.24) is 5.43 Å². The second-order valence-corrected chi connectivity index (χ2v) is 6.15. The molecule has 1 fully saturated rings. The Kier molecular flexibility index (Phi) is 5.59. The second kappa shape index (κ2) is 7.97. The van der Waals surface area contributed by atoms with Gasteiger partial charge in [-0.1, -0.05) is 6.07 Å². The van der Waals surface area contributed by atoms with E-state index in [0.29, 0.717) is 22.8 Å². The van der Waals surface area contributed by atoms with E-state index < -0.39 is 23.6 Å². The summed E-state index contributed by atoms with van der Waals surface area (Å²) in [5, 5.41) is 0.765. The molecule has 7 nitrogen and oxygen atoms in total. The zero-order valence-corrected chi connectivity index (χ0v) is 16.2. The van der Waals surface area contributed by atoms with Crippen LogP contribution in [0.25, 0.3) is 6.08 Å². The summed E-state index contributed by atoms with van der Waals surface area (Å²) >= 11 is 0. The first-order valence-electron chi connectivity index (χ1n) is 8.54. The highest BCUT2D eigenvalue weighted by atomic mass is 19.4. The highest BCUT2D eigenvalue weighted by Crippen LogP contribution is 2.39. The number of ether oxygens (including phenoxy) is 3. The van der Waals surface area contributed by atoms with Crippen LogP contribution in [0.3, 0.4) is 0 Å². The molecule has 0 radical (unpaired) electrons. The van der Waals surface area contributed by atoms with Crippen molar-refractivity contribution in [3.05, 3.63) is 53.1 Å². The Labute approximate surface area is 169 Å². The van der Waals surface area contributed by atoms with Crippen LogP contribution in [0.2, 0.25) is 0 Å². The molecule has 30 heavy (non-hydrogen) atoms. The number of amides is 2. The number of nitrogens with one attached hydrogen (secondary N) is 1. The number of nitrogens with zero attached hydrogens (tertiary/aromatic N) is 1. The molecule has 0 aromatic heterocycles. The molecule has 1 N–H and O–H groups in total. The largest absolute Gasteiger partial charge is 0.493 e. The van der Waals surface area contributed by atoms with E-state index in [1.165, 1.54) is 45.6 Å². The molecule has 0 bridgehead atoms. The number of rotatable bonds is 5. The average molecular weight is 422 g/mol. The molecule has 1 aliphatic rings. The summed E-state index contributed by atoms with van der Waals surface area (Å²) in [6.45, 7) is 0. The van der Waals surface area contributed by atoms with E-state index >= 15 is 0 Å². The molecule has 0 aliphatic carbocycles. The van der Waals surface area contributed by atoms with Gasteiger partial charge < -0.3 is 14.2 Å². The van der Waals surface area contributed by atoms with Gasteiger partial charge in [0.2, 0.25) is 5.75 Å². The zero-order chi connectivity index (χ0) is 22.1. The van der Waals surface area contributed by atoms with Crippen LogP contribution in [-0.2, 0) is 15.8 Å². The topological polar surface area (TPSA) is 77.1 Å². The molecule has 158 valence electrons. The highest BCUT2D eigenvalue weighted by Gasteiger charge is 2.36. The van der Waals surface area contributed by atoms with Crippen LogP contribution >= 0.6 is 0 Å². The van der Waals surface area contributed by atoms with E-state index in [2.05, 4.69) is 5.43 Å². The van der Waals surface area contributed by atoms with Gasteiger partial charge in [-0.15, -0.1) is 0 Å². The van der Waals surface area contributed by atoms with Crippen LogP contribution in [-0.4, -0.2) is 33.1 Å². The summed E-state index contributed by atoms with van der Waals surface area (Å²) < 4.78 is 54.6. The van der Waals surface area contributed by atoms with Crippen LogP contribution in [0.15, 0.2) is 42.0 Å². The van der Waals surface area contributed by atoms with Gasteiger partial charge in [0, 0.05) is 0 Å². The number of alkyl halides is 3. The molecule has 0 spiro atoms. The quantitative estimate of drug-likeness (QED) is 0.592. The maximum Gasteiger partial charge on any atom is 0.416 e. The fraction of sp³-hybridized carbons (Fsp3) is 0.200. The predicted octanol–water partition coefficient (Wildman–Crippen LogP) is 3.19. The van der Waals surface area contributed by atoms with Gasteiger partial charge in [0.1, 0.15) is 5.57 Å². The van der Waals surface area contributed by atoms with Crippen LogP contribution in [0.5, 0.6) is 17.2 Å². The Morgan fingerprint density at radius 3 is 2.13 bits per heavy atom. The number of halogens is 3. The Morgan fingerprint density at radius 1 is 0.967 bits per heavy atom. The fourth-order valence-corrected chi connectivity index (χ4v) is 2.91. The van der Waals surface area contributed by atoms with Gasteiger partial charge in [-0.3, -0.25) is 15.0 Å². The van der Waals surface area contributed by atoms with E-state index in [-0.39, 0.29) is 11.3 Å². The van der Waals surface area contributed by atoms with Crippen LogP contribution in [0, 0.1) is 0 Å². The molecule has 1 heterocycles. The number of hydrogen-bond donors (Lipinski definition) is 1. The van der Waals surface area contributed by atoms with Gasteiger partial charge in [0.15, 0.2) is 11.5 Å². The Morgan fingerprint density at radius 2 is 1.60 bits per heavy atom. The van der Waals surface area contributed by atoms with Gasteiger partial charge >= 0.3 is 6.18 Å². The fourth-order valence-electron chi connectivity index (χ4n) is 2.91. The summed E-state index contributed by atoms with van der Waals surface area (Å²) in [7, 11) is 4.26. The predicted molar refractivity (Wildman–Crippen MR) is 101 cm³/mol. The monoisotopic (exact) mass is 422 g/mol. The van der Waals surface area contributed by atoms with E-state index in [0.717, 1.165) is 23.2 Å². The third kappa shape index (κ3) is 3.88. The number of methoxy groups -OCH3 is 3. The third-order valence-corrected chi connectivity index (χ3v) is 4.32. The van der Waals surface area contributed by atoms with Gasteiger partial charge in [-0.05, 0) is 42.0 Å². The zero-order valence-electron chi connectivity index (χ0n) is 16.2. The summed E-state index contributed by atoms with van der Waals surface area (Å²) in [4.78, 5) is 25.1. The minimum atomic E-state index is -4.59. The second-order valence-electron chi connectivity index (χ2n) is 6.15. The molecule has 0 unspecified atom stereocenters. The average Bonchev–Trinajstić information content (AvgIpc) is 3.00. The van der Waals surface area contributed by atoms with Crippen molar-refractivity contribution in [3.63, 3.8) is 0 Å². The van der Waals surface area contributed by atoms with Crippen molar-refractivity contribution in [3.8, 4) is 17.2 Å². The molecule has 3 rings (SSSR count). The summed E-state index contributed by atoms with van der Waals surface area (Å²) in [5.41, 5.74) is 1.35. The van der Waals surface area contributed by atoms with E-state index in [9.17, 15) is 22.8 Å². The number of anilines is 1. The summed E-state index contributed by atoms with van der Waals surface area (Å²) in [6, 6.07) is 7.15. The van der Waals surface area contributed by atoms with Crippen molar-refractivity contribution in [1.29, 1.82) is 0 Å². The van der Waals surface area contributed by atoms with Crippen molar-refractivity contribution < 1.29 is 37.0 Å². The van der Waals surface area contributed by atoms with Crippen molar-refractivity contribution >= 4 is 23.6 Å². The van der Waals surface area contributed by atoms with Crippen LogP contribution < -0.4 is 24.6 Å². The number of carbonyl (C=O) groups excluding carboxylic acids is 2. The molecule has 2 aromatic rings. The molecular formula is C20H17F3N2O5. The maximum absolute atomic E-state index is 13.0. The minimum Gasteiger partial charge on any atom is -0.493 e. The normalized spacial score (nSPS) is 15.4. The number of carbonyl (C=O) groups is 2. The first-order valence-corrected chi connectivity index (χ1v) is 8.54. The Bertz CT molecular complexity index is 1010. The molecule has 1 aliphatic heterocycles. The molecule has 10 heteroatoms. The van der Waals surface area contributed by atoms with Crippen LogP contribution in [0.1, 0.15) is 11.1 Å². The Balaban J connectivity index is 1.99. The first kappa shape index (κ1) is 21.0. The lowest BCUT2D eigenvalue weighted by atomic mass is 10.1. The van der Waals surface area contributed by atoms with Crippen molar-refractivity contribution in [2.45, 2.75) is 6.18 Å². The summed E-state index contributed by atoms with van der Waals surface area (Å²) in [5.74, 6) is -0.609. The maximum atomic E-state index is 13.0. The van der Waals surface area contributed by atoms with Gasteiger partial charge in [-0.2, -0.15) is 13.2 Å². The van der Waals surface area contributed by atoms with Crippen molar-refractivity contribution in [2.24, 2.45) is 0 Å². The standard InChI is InChI=1S/C20H17F3N2O5/c1-28-15-8-11(9-16(29-2)17(15)30-3)7-14-18(26)24-25(19(14)27)13-6-4-5-12(10-13)20(21,22)23/h4-10H,1-3H3,(H,24,26)/b14-7+. The SMILES string of the molecule is COc1cc(/C=C2\C(=O)NN(c3cccc(C(F)(F)F)c3)C2=O)cc(OC)c1OC. The smallest absolute Gasteiger partial charge is 0.416 e. The van der Waals surface area contributed by atoms with Crippen LogP contribution in [0.4, 0.5) is 18.9 Å². The number of hydrogen-bond acceptors (Lipinski definition) is 5. The van der Waals surface area contributed by atoms with Crippen molar-refractivity contribution in [2.75, 3.05) is 26.3 Å². The lowest BCUT2D eigenvalue weighted by molar-refractivity contribution is -0.137. The Hall–Kier alpha value is -3.69. The minimum absolute atomic E-state index is 0.114. The van der Waals surface area contributed by atoms with E-state index in [4.69, 9.17) is 14.2 Å². The highest BCUT2D eigenvalue weighted by molar-refractivity contribution is 6.31. The lowest BCUT2D eigenvalue weighted by Crippen LogP contribution is -2.35. The number of benzene rings is 2. The van der Waals surface area contributed by atoms with Gasteiger partial charge in [-0.25, -0.2) is 5.01 Å². The molecule has 1 saturated heterocycles. The molecular weight excluding hydrogens is 405 g/mol. The molecule has 2 amide bonds. The molecule has 2 aromatic carbocycles. The molecule has 0 atom stereocenters. The van der Waals surface area contributed by atoms with E-state index in [1.54, 1.807) is 0 Å². The first-order chi connectivity index (χ1) is 14.2. The lowest BCUT2D eigenvalue weighted by Gasteiger charge is -2.16. The third-order valence-electron chi connectivity index (χ3n) is 4.32. The molecule has 0 saturated carbocycles. The number of hydrazine groups is 1. The summed E-state index contributed by atoms with van der Waals surface area (Å²) in [6.07, 6.45) is -3.30.